The number of hydrogen-bond donors (Lipinski definition) is 2. The summed E-state index contributed by atoms with van der Waals surface area (Å²) in [5.41, 5.74) is 0.608. The molecule has 0 aromatic rings. The second kappa shape index (κ2) is 2.94. The van der Waals surface area contributed by atoms with Crippen LogP contribution in [0.15, 0.2) is 23.3 Å². The summed E-state index contributed by atoms with van der Waals surface area (Å²) in [5.74, 6) is 0. The minimum absolute atomic E-state index is 0.578. The lowest BCUT2D eigenvalue weighted by Gasteiger charge is -2.48. The van der Waals surface area contributed by atoms with E-state index in [0.717, 1.165) is 0 Å². The quantitative estimate of drug-likeness (QED) is 0.578. The van der Waals surface area contributed by atoms with E-state index >= 15 is 0 Å². The average Bonchev–Trinajstić information content (AvgIpc) is 2.09. The third kappa shape index (κ3) is 1.25. The van der Waals surface area contributed by atoms with Crippen LogP contribution in [0.5, 0.6) is 0 Å². The van der Waals surface area contributed by atoms with Gasteiger partial charge in [-0.1, -0.05) is 23.3 Å². The normalized spacial score (nSPS) is 42.6. The summed E-state index contributed by atoms with van der Waals surface area (Å²) in [6.07, 6.45) is 6.33. The lowest BCUT2D eigenvalue weighted by Crippen LogP contribution is -2.57. The van der Waals surface area contributed by atoms with E-state index < -0.39 is 11.2 Å². The van der Waals surface area contributed by atoms with Crippen LogP contribution in [0.25, 0.3) is 0 Å². The van der Waals surface area contributed by atoms with E-state index in [2.05, 4.69) is 0 Å². The third-order valence-electron chi connectivity index (χ3n) is 3.79. The number of rotatable bonds is 0. The first kappa shape index (κ1) is 9.94. The van der Waals surface area contributed by atoms with Crippen molar-refractivity contribution in [3.05, 3.63) is 23.3 Å². The van der Waals surface area contributed by atoms with E-state index in [1.165, 1.54) is 11.1 Å². The van der Waals surface area contributed by atoms with Crippen molar-refractivity contribution in [2.24, 2.45) is 0 Å². The monoisotopic (exact) mass is 194 g/mol. The molecule has 0 aromatic heterocycles. The fraction of sp³-hybridized carbons (Fsp3) is 0.667. The maximum Gasteiger partial charge on any atom is 0.101 e. The van der Waals surface area contributed by atoms with Crippen molar-refractivity contribution >= 4 is 0 Å². The van der Waals surface area contributed by atoms with Crippen molar-refractivity contribution in [1.29, 1.82) is 0 Å². The number of hydrogen-bond acceptors (Lipinski definition) is 2. The highest BCUT2D eigenvalue weighted by atomic mass is 16.4. The smallest absolute Gasteiger partial charge is 0.101 e. The molecule has 0 amide bonds. The zero-order valence-corrected chi connectivity index (χ0v) is 8.88. The molecule has 2 aliphatic carbocycles. The average molecular weight is 194 g/mol. The molecule has 0 saturated carbocycles. The summed E-state index contributed by atoms with van der Waals surface area (Å²) < 4.78 is 0. The molecule has 2 rings (SSSR count). The maximum atomic E-state index is 10.4. The molecular formula is C12H18O2. The predicted octanol–water partition coefficient (Wildman–Crippen LogP) is 1.93. The van der Waals surface area contributed by atoms with Crippen molar-refractivity contribution in [3.63, 3.8) is 0 Å². The zero-order valence-electron chi connectivity index (χ0n) is 8.88. The van der Waals surface area contributed by atoms with Crippen LogP contribution in [0.1, 0.15) is 39.5 Å². The lowest BCUT2D eigenvalue weighted by molar-refractivity contribution is -0.157. The summed E-state index contributed by atoms with van der Waals surface area (Å²) in [4.78, 5) is 0. The van der Waals surface area contributed by atoms with Gasteiger partial charge in [-0.05, 0) is 26.7 Å². The first-order valence-corrected chi connectivity index (χ1v) is 5.22. The molecule has 2 atom stereocenters. The van der Waals surface area contributed by atoms with Crippen molar-refractivity contribution in [2.45, 2.75) is 50.7 Å². The largest absolute Gasteiger partial charge is 0.386 e. The molecular weight excluding hydrogens is 176 g/mol. The molecule has 14 heavy (non-hydrogen) atoms. The molecule has 2 unspecified atom stereocenters. The number of fused-ring (bicyclic) bond motifs is 1. The van der Waals surface area contributed by atoms with Gasteiger partial charge in [0.15, 0.2) is 0 Å². The Labute approximate surface area is 85.0 Å². The van der Waals surface area contributed by atoms with E-state index in [9.17, 15) is 10.2 Å². The maximum absolute atomic E-state index is 10.4. The highest BCUT2D eigenvalue weighted by Gasteiger charge is 2.51. The van der Waals surface area contributed by atoms with Crippen LogP contribution in [-0.4, -0.2) is 21.4 Å². The molecule has 2 heteroatoms. The van der Waals surface area contributed by atoms with Crippen molar-refractivity contribution < 1.29 is 10.2 Å². The second-order valence-corrected chi connectivity index (χ2v) is 4.86. The van der Waals surface area contributed by atoms with Gasteiger partial charge in [0.1, 0.15) is 11.2 Å². The SMILES string of the molecule is CC1=C(C)CC2(O)CC=CCC2(O)C1. The number of aliphatic hydroxyl groups is 2. The molecule has 2 aliphatic rings. The van der Waals surface area contributed by atoms with Gasteiger partial charge in [0, 0.05) is 12.8 Å². The van der Waals surface area contributed by atoms with Gasteiger partial charge in [-0.15, -0.1) is 0 Å². The fourth-order valence-corrected chi connectivity index (χ4v) is 2.59. The van der Waals surface area contributed by atoms with Crippen LogP contribution < -0.4 is 0 Å². The predicted molar refractivity (Wildman–Crippen MR) is 55.9 cm³/mol. The highest BCUT2D eigenvalue weighted by molar-refractivity contribution is 5.28. The Morgan fingerprint density at radius 2 is 1.29 bits per heavy atom. The van der Waals surface area contributed by atoms with Gasteiger partial charge in [-0.25, -0.2) is 0 Å². The molecule has 0 fully saturated rings. The molecule has 0 bridgehead atoms. The van der Waals surface area contributed by atoms with Gasteiger partial charge in [0.25, 0.3) is 0 Å². The first-order chi connectivity index (χ1) is 6.47. The topological polar surface area (TPSA) is 40.5 Å². The molecule has 2 N–H and O–H groups in total. The van der Waals surface area contributed by atoms with Crippen molar-refractivity contribution in [1.82, 2.24) is 0 Å². The molecule has 0 spiro atoms. The molecule has 0 saturated heterocycles. The van der Waals surface area contributed by atoms with Crippen LogP contribution >= 0.6 is 0 Å². The van der Waals surface area contributed by atoms with Gasteiger partial charge in [0.05, 0.1) is 0 Å². The van der Waals surface area contributed by atoms with Crippen LogP contribution in [-0.2, 0) is 0 Å². The second-order valence-electron chi connectivity index (χ2n) is 4.86. The summed E-state index contributed by atoms with van der Waals surface area (Å²) in [5, 5.41) is 20.8. The Morgan fingerprint density at radius 1 is 0.929 bits per heavy atom. The standard InChI is InChI=1S/C12H18O2/c1-9-7-11(13)5-3-4-6-12(11,14)8-10(9)2/h3-4,13-14H,5-8H2,1-2H3. The minimum Gasteiger partial charge on any atom is -0.386 e. The molecule has 0 aromatic carbocycles. The van der Waals surface area contributed by atoms with Gasteiger partial charge in [0.2, 0.25) is 0 Å². The summed E-state index contributed by atoms with van der Waals surface area (Å²) in [7, 11) is 0. The Kier molecular flexibility index (Phi) is 2.09. The van der Waals surface area contributed by atoms with Crippen molar-refractivity contribution in [2.75, 3.05) is 0 Å². The van der Waals surface area contributed by atoms with Gasteiger partial charge in [-0.2, -0.15) is 0 Å². The summed E-state index contributed by atoms with van der Waals surface area (Å²) in [6, 6.07) is 0. The lowest BCUT2D eigenvalue weighted by atomic mass is 9.65. The van der Waals surface area contributed by atoms with Crippen LogP contribution in [0.3, 0.4) is 0 Å². The molecule has 0 radical (unpaired) electrons. The first-order valence-electron chi connectivity index (χ1n) is 5.22. The Bertz CT molecular complexity index is 286. The van der Waals surface area contributed by atoms with Crippen molar-refractivity contribution in [3.8, 4) is 0 Å². The van der Waals surface area contributed by atoms with Crippen LogP contribution in [0.2, 0.25) is 0 Å². The van der Waals surface area contributed by atoms with E-state index in [1.807, 2.05) is 26.0 Å². The van der Waals surface area contributed by atoms with Crippen LogP contribution in [0.4, 0.5) is 0 Å². The fourth-order valence-electron chi connectivity index (χ4n) is 2.59. The van der Waals surface area contributed by atoms with Gasteiger partial charge < -0.3 is 10.2 Å². The van der Waals surface area contributed by atoms with E-state index in [-0.39, 0.29) is 0 Å². The van der Waals surface area contributed by atoms with Gasteiger partial charge in [-0.3, -0.25) is 0 Å². The van der Waals surface area contributed by atoms with E-state index in [0.29, 0.717) is 25.7 Å². The highest BCUT2D eigenvalue weighted by Crippen LogP contribution is 2.46. The Hall–Kier alpha value is -0.600. The zero-order chi connectivity index (χ0) is 10.4. The third-order valence-corrected chi connectivity index (χ3v) is 3.79. The van der Waals surface area contributed by atoms with Gasteiger partial charge >= 0.3 is 0 Å². The Balaban J connectivity index is 2.40. The summed E-state index contributed by atoms with van der Waals surface area (Å²) >= 11 is 0. The molecule has 0 heterocycles. The molecule has 78 valence electrons. The minimum atomic E-state index is -0.925. The van der Waals surface area contributed by atoms with E-state index in [4.69, 9.17) is 0 Å². The van der Waals surface area contributed by atoms with E-state index in [1.54, 1.807) is 0 Å². The molecule has 0 aliphatic heterocycles. The van der Waals surface area contributed by atoms with Crippen LogP contribution in [0, 0.1) is 0 Å². The Morgan fingerprint density at radius 3 is 1.64 bits per heavy atom. The molecule has 2 nitrogen and oxygen atoms in total. The summed E-state index contributed by atoms with van der Waals surface area (Å²) in [6.45, 7) is 4.09.